The molecule has 1 amide bonds. The number of aromatic nitrogens is 3. The molecule has 0 aliphatic heterocycles. The van der Waals surface area contributed by atoms with Gasteiger partial charge in [0.25, 0.3) is 5.91 Å². The molecule has 0 atom stereocenters. The molecule has 2 aromatic carbocycles. The number of amides is 1. The third kappa shape index (κ3) is 3.37. The van der Waals surface area contributed by atoms with Gasteiger partial charge in [0.1, 0.15) is 5.82 Å². The smallest absolute Gasteiger partial charge is 0.256 e. The number of pyridine rings is 1. The Hall–Kier alpha value is -3.18. The molecule has 0 radical (unpaired) electrons. The van der Waals surface area contributed by atoms with Gasteiger partial charge in [-0.25, -0.2) is 4.98 Å². The lowest BCUT2D eigenvalue weighted by Gasteiger charge is -2.12. The molecule has 140 valence electrons. The van der Waals surface area contributed by atoms with E-state index < -0.39 is 0 Å². The zero-order chi connectivity index (χ0) is 19.8. The fourth-order valence-electron chi connectivity index (χ4n) is 3.23. The number of para-hydroxylation sites is 1. The molecular weight excluding hydrogens is 372 g/mol. The number of nitrogens with zero attached hydrogens (tertiary/aromatic N) is 3. The van der Waals surface area contributed by atoms with Crippen LogP contribution in [0.4, 0.5) is 5.82 Å². The van der Waals surface area contributed by atoms with E-state index in [-0.39, 0.29) is 5.91 Å². The van der Waals surface area contributed by atoms with Crippen LogP contribution in [-0.2, 0) is 0 Å². The highest BCUT2D eigenvalue weighted by molar-refractivity contribution is 6.31. The van der Waals surface area contributed by atoms with Gasteiger partial charge in [0.15, 0.2) is 5.82 Å². The Morgan fingerprint density at radius 2 is 1.79 bits per heavy atom. The Morgan fingerprint density at radius 3 is 2.57 bits per heavy atom. The van der Waals surface area contributed by atoms with Crippen molar-refractivity contribution in [1.82, 2.24) is 14.8 Å². The maximum absolute atomic E-state index is 12.7. The van der Waals surface area contributed by atoms with Crippen molar-refractivity contribution in [3.05, 3.63) is 82.0 Å². The van der Waals surface area contributed by atoms with E-state index in [9.17, 15) is 4.79 Å². The Balaban J connectivity index is 1.77. The van der Waals surface area contributed by atoms with E-state index in [0.717, 1.165) is 27.7 Å². The quantitative estimate of drug-likeness (QED) is 0.519. The molecule has 0 fully saturated rings. The van der Waals surface area contributed by atoms with Crippen LogP contribution in [0.5, 0.6) is 0 Å². The Labute approximate surface area is 168 Å². The van der Waals surface area contributed by atoms with Crippen molar-refractivity contribution in [3.8, 4) is 5.82 Å². The highest BCUT2D eigenvalue weighted by Gasteiger charge is 2.15. The molecule has 6 heteroatoms. The normalized spacial score (nSPS) is 11.0. The SMILES string of the molecule is Cc1cc(NC(=O)c2cccc(Cl)c2)n(-c2cc(C)c3cccc(C)c3n2)n1. The molecule has 0 unspecified atom stereocenters. The first-order valence-electron chi connectivity index (χ1n) is 8.93. The van der Waals surface area contributed by atoms with E-state index in [1.807, 2.05) is 45.0 Å². The molecule has 28 heavy (non-hydrogen) atoms. The molecule has 0 aliphatic rings. The van der Waals surface area contributed by atoms with Gasteiger partial charge in [0, 0.05) is 22.0 Å². The highest BCUT2D eigenvalue weighted by Crippen LogP contribution is 2.24. The average Bonchev–Trinajstić information content (AvgIpc) is 3.02. The van der Waals surface area contributed by atoms with Gasteiger partial charge in [-0.15, -0.1) is 0 Å². The molecule has 0 spiro atoms. The van der Waals surface area contributed by atoms with Crippen LogP contribution in [0, 0.1) is 20.8 Å². The Bertz CT molecular complexity index is 1210. The number of fused-ring (bicyclic) bond motifs is 1. The first kappa shape index (κ1) is 18.2. The number of nitrogens with one attached hydrogen (secondary N) is 1. The van der Waals surface area contributed by atoms with E-state index in [2.05, 4.69) is 16.5 Å². The summed E-state index contributed by atoms with van der Waals surface area (Å²) in [7, 11) is 0. The van der Waals surface area contributed by atoms with Gasteiger partial charge in [-0.1, -0.05) is 35.9 Å². The number of carbonyl (C=O) groups is 1. The van der Waals surface area contributed by atoms with Crippen molar-refractivity contribution >= 4 is 34.2 Å². The summed E-state index contributed by atoms with van der Waals surface area (Å²) in [5.74, 6) is 0.966. The van der Waals surface area contributed by atoms with Gasteiger partial charge in [0.2, 0.25) is 0 Å². The van der Waals surface area contributed by atoms with Crippen LogP contribution < -0.4 is 5.32 Å². The van der Waals surface area contributed by atoms with Crippen molar-refractivity contribution in [2.45, 2.75) is 20.8 Å². The van der Waals surface area contributed by atoms with Crippen molar-refractivity contribution < 1.29 is 4.79 Å². The number of hydrogen-bond acceptors (Lipinski definition) is 3. The van der Waals surface area contributed by atoms with Gasteiger partial charge in [-0.05, 0) is 56.2 Å². The van der Waals surface area contributed by atoms with E-state index in [4.69, 9.17) is 16.6 Å². The number of anilines is 1. The molecule has 0 saturated carbocycles. The molecule has 2 aromatic heterocycles. The molecule has 5 nitrogen and oxygen atoms in total. The third-order valence-electron chi connectivity index (χ3n) is 4.61. The van der Waals surface area contributed by atoms with Gasteiger partial charge >= 0.3 is 0 Å². The van der Waals surface area contributed by atoms with Crippen molar-refractivity contribution in [1.29, 1.82) is 0 Å². The fourth-order valence-corrected chi connectivity index (χ4v) is 3.42. The lowest BCUT2D eigenvalue weighted by atomic mass is 10.1. The summed E-state index contributed by atoms with van der Waals surface area (Å²) in [4.78, 5) is 17.5. The topological polar surface area (TPSA) is 59.8 Å². The Kier molecular flexibility index (Phi) is 4.61. The van der Waals surface area contributed by atoms with Gasteiger partial charge in [-0.2, -0.15) is 9.78 Å². The number of halogens is 1. The predicted molar refractivity (Wildman–Crippen MR) is 112 cm³/mol. The summed E-state index contributed by atoms with van der Waals surface area (Å²) in [5.41, 5.74) is 4.39. The molecule has 4 aromatic rings. The first-order chi connectivity index (χ1) is 13.4. The summed E-state index contributed by atoms with van der Waals surface area (Å²) in [6, 6.07) is 16.8. The molecular formula is C22H19ClN4O. The van der Waals surface area contributed by atoms with Crippen LogP contribution in [0.1, 0.15) is 27.2 Å². The second-order valence-corrected chi connectivity index (χ2v) is 7.25. The van der Waals surface area contributed by atoms with Crippen molar-refractivity contribution in [3.63, 3.8) is 0 Å². The summed E-state index contributed by atoms with van der Waals surface area (Å²) < 4.78 is 1.66. The standard InChI is InChI=1S/C22H19ClN4O/c1-13-6-4-9-18-14(2)10-19(24-21(13)18)27-20(11-15(3)26-27)25-22(28)16-7-5-8-17(23)12-16/h4-12H,1-3H3,(H,25,28). The average molecular weight is 391 g/mol. The molecule has 0 saturated heterocycles. The lowest BCUT2D eigenvalue weighted by molar-refractivity contribution is 0.102. The third-order valence-corrected chi connectivity index (χ3v) is 4.85. The number of aryl methyl sites for hydroxylation is 3. The Morgan fingerprint density at radius 1 is 1.00 bits per heavy atom. The van der Waals surface area contributed by atoms with E-state index in [0.29, 0.717) is 22.2 Å². The van der Waals surface area contributed by atoms with Gasteiger partial charge in [0.05, 0.1) is 11.2 Å². The van der Waals surface area contributed by atoms with Crippen LogP contribution in [-0.4, -0.2) is 20.7 Å². The number of hydrogen-bond donors (Lipinski definition) is 1. The largest absolute Gasteiger partial charge is 0.306 e. The minimum absolute atomic E-state index is 0.252. The zero-order valence-corrected chi connectivity index (χ0v) is 16.6. The molecule has 0 bridgehead atoms. The van der Waals surface area contributed by atoms with E-state index in [1.165, 1.54) is 0 Å². The first-order valence-corrected chi connectivity index (χ1v) is 9.31. The number of benzene rings is 2. The zero-order valence-electron chi connectivity index (χ0n) is 15.8. The van der Waals surface area contributed by atoms with Gasteiger partial charge in [-0.3, -0.25) is 4.79 Å². The van der Waals surface area contributed by atoms with Crippen LogP contribution in [0.2, 0.25) is 5.02 Å². The maximum Gasteiger partial charge on any atom is 0.256 e. The predicted octanol–water partition coefficient (Wildman–Crippen LogP) is 5.25. The molecule has 4 rings (SSSR count). The minimum Gasteiger partial charge on any atom is -0.306 e. The van der Waals surface area contributed by atoms with Crippen LogP contribution in [0.15, 0.2) is 54.6 Å². The summed E-state index contributed by atoms with van der Waals surface area (Å²) >= 11 is 6.00. The van der Waals surface area contributed by atoms with E-state index >= 15 is 0 Å². The van der Waals surface area contributed by atoms with E-state index in [1.54, 1.807) is 28.9 Å². The fraction of sp³-hybridized carbons (Fsp3) is 0.136. The second kappa shape index (κ2) is 7.09. The monoisotopic (exact) mass is 390 g/mol. The highest BCUT2D eigenvalue weighted by atomic mass is 35.5. The van der Waals surface area contributed by atoms with Crippen LogP contribution >= 0.6 is 11.6 Å². The van der Waals surface area contributed by atoms with Crippen LogP contribution in [0.25, 0.3) is 16.7 Å². The minimum atomic E-state index is -0.252. The molecule has 0 aliphatic carbocycles. The van der Waals surface area contributed by atoms with Crippen LogP contribution in [0.3, 0.4) is 0 Å². The molecule has 2 heterocycles. The van der Waals surface area contributed by atoms with Gasteiger partial charge < -0.3 is 5.32 Å². The maximum atomic E-state index is 12.7. The summed E-state index contributed by atoms with van der Waals surface area (Å²) in [5, 5.41) is 9.08. The second-order valence-electron chi connectivity index (χ2n) is 6.82. The summed E-state index contributed by atoms with van der Waals surface area (Å²) in [6.07, 6.45) is 0. The van der Waals surface area contributed by atoms with Crippen molar-refractivity contribution in [2.24, 2.45) is 0 Å². The molecule has 1 N–H and O–H groups in total. The summed E-state index contributed by atoms with van der Waals surface area (Å²) in [6.45, 7) is 5.97. The number of carbonyl (C=O) groups excluding carboxylic acids is 1. The number of rotatable bonds is 3. The lowest BCUT2D eigenvalue weighted by Crippen LogP contribution is -2.15. The van der Waals surface area contributed by atoms with Crippen molar-refractivity contribution in [2.75, 3.05) is 5.32 Å².